The summed E-state index contributed by atoms with van der Waals surface area (Å²) in [6.07, 6.45) is 0.676. The van der Waals surface area contributed by atoms with Crippen molar-refractivity contribution in [2.75, 3.05) is 20.8 Å². The van der Waals surface area contributed by atoms with Crippen LogP contribution in [0, 0.1) is 0 Å². The van der Waals surface area contributed by atoms with Gasteiger partial charge in [0.15, 0.2) is 6.04 Å². The molecule has 3 atom stereocenters. The Morgan fingerprint density at radius 1 is 1.43 bits per heavy atom. The molecule has 5 nitrogen and oxygen atoms in total. The number of quaternary nitrogens is 1. The van der Waals surface area contributed by atoms with Crippen molar-refractivity contribution in [2.24, 2.45) is 0 Å². The molecule has 0 saturated carbocycles. The minimum atomic E-state index is -0.256. The molecule has 80 valence electrons. The number of hydrogen-bond donors (Lipinski definition) is 1. The molecule has 1 aliphatic heterocycles. The molecule has 1 heterocycles. The summed E-state index contributed by atoms with van der Waals surface area (Å²) in [5.41, 5.74) is 0. The number of nitrogens with one attached hydrogen (secondary N) is 1. The lowest BCUT2D eigenvalue weighted by atomic mass is 10.2. The molecule has 14 heavy (non-hydrogen) atoms. The van der Waals surface area contributed by atoms with Gasteiger partial charge in [-0.25, -0.2) is 9.59 Å². The van der Waals surface area contributed by atoms with E-state index in [2.05, 4.69) is 9.47 Å². The molecule has 1 N–H and O–H groups in total. The highest BCUT2D eigenvalue weighted by Crippen LogP contribution is 1.99. The smallest absolute Gasteiger partial charge is 0.370 e. The number of rotatable bonds is 4. The van der Waals surface area contributed by atoms with E-state index in [1.807, 2.05) is 6.92 Å². The van der Waals surface area contributed by atoms with Gasteiger partial charge in [0.05, 0.1) is 14.2 Å². The SMILES string of the molecule is CC[C@@H](C(=O)OC)[NH+]1C[C@@H]1C(=O)OC. The third kappa shape index (κ3) is 2.04. The Morgan fingerprint density at radius 3 is 2.50 bits per heavy atom. The summed E-state index contributed by atoms with van der Waals surface area (Å²) < 4.78 is 9.25. The normalized spacial score (nSPS) is 26.5. The molecule has 1 unspecified atom stereocenters. The molecule has 1 fully saturated rings. The summed E-state index contributed by atoms with van der Waals surface area (Å²) in [5.74, 6) is -0.503. The second-order valence-electron chi connectivity index (χ2n) is 3.34. The van der Waals surface area contributed by atoms with Gasteiger partial charge in [-0.15, -0.1) is 0 Å². The van der Waals surface area contributed by atoms with Crippen molar-refractivity contribution >= 4 is 11.9 Å². The molecule has 0 aliphatic carbocycles. The Balaban J connectivity index is 2.50. The predicted octanol–water partition coefficient (Wildman–Crippen LogP) is -1.62. The van der Waals surface area contributed by atoms with E-state index >= 15 is 0 Å². The highest BCUT2D eigenvalue weighted by molar-refractivity contribution is 5.78. The standard InChI is InChI=1S/C9H15NO4/c1-4-6(8(11)13-2)10-5-7(10)9(12)14-3/h6-7H,4-5H2,1-3H3/p+1/t6-,7+,10?/m0/s1. The van der Waals surface area contributed by atoms with Crippen LogP contribution >= 0.6 is 0 Å². The number of esters is 2. The summed E-state index contributed by atoms with van der Waals surface area (Å²) in [4.78, 5) is 23.4. The molecule has 0 amide bonds. The van der Waals surface area contributed by atoms with Crippen LogP contribution in [0.4, 0.5) is 0 Å². The zero-order valence-electron chi connectivity index (χ0n) is 8.70. The van der Waals surface area contributed by atoms with E-state index in [1.165, 1.54) is 14.2 Å². The monoisotopic (exact) mass is 202 g/mol. The van der Waals surface area contributed by atoms with Gasteiger partial charge in [-0.05, 0) is 0 Å². The highest BCUT2D eigenvalue weighted by atomic mass is 16.5. The molecule has 1 aliphatic rings. The first-order valence-corrected chi connectivity index (χ1v) is 4.66. The van der Waals surface area contributed by atoms with Gasteiger partial charge in [-0.1, -0.05) is 6.92 Å². The summed E-state index contributed by atoms with van der Waals surface area (Å²) in [5, 5.41) is 0. The number of ether oxygens (including phenoxy) is 2. The highest BCUT2D eigenvalue weighted by Gasteiger charge is 2.54. The Kier molecular flexibility index (Phi) is 3.46. The molecule has 0 aromatic heterocycles. The molecule has 1 rings (SSSR count). The quantitative estimate of drug-likeness (QED) is 0.439. The van der Waals surface area contributed by atoms with Gasteiger partial charge >= 0.3 is 11.9 Å². The first-order valence-electron chi connectivity index (χ1n) is 4.66. The largest absolute Gasteiger partial charge is 0.465 e. The van der Waals surface area contributed by atoms with E-state index < -0.39 is 0 Å². The second-order valence-corrected chi connectivity index (χ2v) is 3.34. The second kappa shape index (κ2) is 4.41. The average molecular weight is 202 g/mol. The topological polar surface area (TPSA) is 57.0 Å². The van der Waals surface area contributed by atoms with Crippen LogP contribution in [0.15, 0.2) is 0 Å². The molecule has 0 bridgehead atoms. The Morgan fingerprint density at radius 2 is 2.07 bits per heavy atom. The summed E-state index contributed by atoms with van der Waals surface area (Å²) >= 11 is 0. The van der Waals surface area contributed by atoms with Gasteiger partial charge in [0.2, 0.25) is 6.04 Å². The number of carbonyl (C=O) groups excluding carboxylic acids is 2. The van der Waals surface area contributed by atoms with Gasteiger partial charge in [-0.2, -0.15) is 0 Å². The summed E-state index contributed by atoms with van der Waals surface area (Å²) in [6, 6.07) is -0.409. The van der Waals surface area contributed by atoms with Crippen LogP contribution in [-0.2, 0) is 19.1 Å². The van der Waals surface area contributed by atoms with Crippen molar-refractivity contribution in [1.29, 1.82) is 0 Å². The Hall–Kier alpha value is -1.10. The minimum absolute atomic E-state index is 0.177. The number of carbonyl (C=O) groups is 2. The molecular weight excluding hydrogens is 186 g/mol. The molecule has 0 aromatic rings. The van der Waals surface area contributed by atoms with Crippen LogP contribution < -0.4 is 4.90 Å². The fourth-order valence-electron chi connectivity index (χ4n) is 1.66. The first-order chi connectivity index (χ1) is 6.65. The van der Waals surface area contributed by atoms with Crippen LogP contribution in [0.5, 0.6) is 0 Å². The molecule has 0 radical (unpaired) electrons. The lowest BCUT2D eigenvalue weighted by Crippen LogP contribution is -3.01. The van der Waals surface area contributed by atoms with Gasteiger partial charge in [-0.3, -0.25) is 0 Å². The van der Waals surface area contributed by atoms with E-state index in [9.17, 15) is 9.59 Å². The maximum atomic E-state index is 11.3. The van der Waals surface area contributed by atoms with E-state index in [0.717, 1.165) is 4.90 Å². The summed E-state index contributed by atoms with van der Waals surface area (Å²) in [6.45, 7) is 2.57. The average Bonchev–Trinajstić information content (AvgIpc) is 2.97. The lowest BCUT2D eigenvalue weighted by molar-refractivity contribution is -0.790. The van der Waals surface area contributed by atoms with E-state index in [-0.39, 0.29) is 24.0 Å². The lowest BCUT2D eigenvalue weighted by Gasteiger charge is -2.10. The number of hydrogen-bond acceptors (Lipinski definition) is 4. The zero-order valence-corrected chi connectivity index (χ0v) is 8.70. The van der Waals surface area contributed by atoms with Crippen LogP contribution in [0.25, 0.3) is 0 Å². The summed E-state index contributed by atoms with van der Waals surface area (Å²) in [7, 11) is 2.72. The zero-order chi connectivity index (χ0) is 10.7. The van der Waals surface area contributed by atoms with Gasteiger partial charge in [0, 0.05) is 6.42 Å². The van der Waals surface area contributed by atoms with E-state index in [4.69, 9.17) is 0 Å². The van der Waals surface area contributed by atoms with Crippen molar-refractivity contribution in [2.45, 2.75) is 25.4 Å². The van der Waals surface area contributed by atoms with Gasteiger partial charge < -0.3 is 14.4 Å². The van der Waals surface area contributed by atoms with Crippen molar-refractivity contribution in [3.63, 3.8) is 0 Å². The molecular formula is C9H16NO4+. The minimum Gasteiger partial charge on any atom is -0.465 e. The van der Waals surface area contributed by atoms with Crippen molar-refractivity contribution < 1.29 is 24.0 Å². The van der Waals surface area contributed by atoms with Crippen molar-refractivity contribution in [3.8, 4) is 0 Å². The van der Waals surface area contributed by atoms with Crippen LogP contribution in [0.2, 0.25) is 0 Å². The fourth-order valence-corrected chi connectivity index (χ4v) is 1.66. The fraction of sp³-hybridized carbons (Fsp3) is 0.778. The van der Waals surface area contributed by atoms with Crippen LogP contribution in [0.1, 0.15) is 13.3 Å². The van der Waals surface area contributed by atoms with Crippen molar-refractivity contribution in [1.82, 2.24) is 0 Å². The third-order valence-corrected chi connectivity index (χ3v) is 2.55. The maximum absolute atomic E-state index is 11.3. The first kappa shape index (κ1) is 11.0. The predicted molar refractivity (Wildman–Crippen MR) is 47.7 cm³/mol. The Bertz CT molecular complexity index is 241. The molecule has 0 spiro atoms. The maximum Gasteiger partial charge on any atom is 0.370 e. The van der Waals surface area contributed by atoms with Crippen LogP contribution in [-0.4, -0.2) is 44.8 Å². The molecule has 5 heteroatoms. The van der Waals surface area contributed by atoms with Crippen molar-refractivity contribution in [3.05, 3.63) is 0 Å². The third-order valence-electron chi connectivity index (χ3n) is 2.55. The Labute approximate surface area is 83.0 Å². The van der Waals surface area contributed by atoms with Gasteiger partial charge in [0.1, 0.15) is 6.54 Å². The van der Waals surface area contributed by atoms with E-state index in [0.29, 0.717) is 13.0 Å². The van der Waals surface area contributed by atoms with Gasteiger partial charge in [0.25, 0.3) is 0 Å². The molecule has 1 saturated heterocycles. The number of methoxy groups -OCH3 is 2. The van der Waals surface area contributed by atoms with Crippen LogP contribution in [0.3, 0.4) is 0 Å². The molecule has 0 aromatic carbocycles. The van der Waals surface area contributed by atoms with E-state index in [1.54, 1.807) is 0 Å².